The van der Waals surface area contributed by atoms with E-state index >= 15 is 0 Å². The molecule has 0 aromatic rings. The Morgan fingerprint density at radius 2 is 0.429 bits per heavy atom. The van der Waals surface area contributed by atoms with Crippen LogP contribution in [0, 0.1) is 0 Å². The van der Waals surface area contributed by atoms with Crippen molar-refractivity contribution in [3.05, 3.63) is 0 Å². The molecule has 3 heterocycles. The Kier molecular flexibility index (Phi) is 16.4. The average Bonchev–Trinajstić information content (AvgIpc) is 2.81. The Bertz CT molecular complexity index is 306. The summed E-state index contributed by atoms with van der Waals surface area (Å²) < 4.78 is 0. The molecule has 0 unspecified atom stereocenters. The van der Waals surface area contributed by atoms with Crippen molar-refractivity contribution in [1.29, 1.82) is 0 Å². The molecule has 3 saturated heterocycles. The third kappa shape index (κ3) is 14.7. The van der Waals surface area contributed by atoms with Crippen LogP contribution in [0.1, 0.15) is 26.7 Å². The highest BCUT2D eigenvalue weighted by Gasteiger charge is 2.08. The summed E-state index contributed by atoms with van der Waals surface area (Å²) in [5, 5.41) is 0. The number of likely N-dealkylation sites (N-methyl/N-ethyl adjacent to an activating group) is 4. The highest BCUT2D eigenvalue weighted by molar-refractivity contribution is 4.65. The standard InChI is InChI=1S/C8H18N2.C7H16N2.C6H14N2.CH4/c1-9-5-3-7-10(2)8-4-6-9;1-8-4-3-5-9(2)7-6-8;1-7-3-5-8(2)6-4-7;/h3-8H2,1-2H3;3-7H2,1-2H3;3-6H2,1-2H3;1H4. The third-order valence-electron chi connectivity index (χ3n) is 5.83. The van der Waals surface area contributed by atoms with Gasteiger partial charge < -0.3 is 29.4 Å². The molecule has 28 heavy (non-hydrogen) atoms. The Morgan fingerprint density at radius 1 is 0.286 bits per heavy atom. The Labute approximate surface area is 177 Å². The molecule has 0 aromatic carbocycles. The van der Waals surface area contributed by atoms with Gasteiger partial charge in [0.25, 0.3) is 0 Å². The SMILES string of the molecule is C.CN1CCCN(C)CC1.CN1CCCN(C)CCC1.CN1CCN(C)CC1. The predicted molar refractivity (Wildman–Crippen MR) is 126 cm³/mol. The van der Waals surface area contributed by atoms with Crippen molar-refractivity contribution in [2.24, 2.45) is 0 Å². The molecular formula is C22H52N6. The fraction of sp³-hybridized carbons (Fsp3) is 1.00. The molecule has 6 nitrogen and oxygen atoms in total. The van der Waals surface area contributed by atoms with Gasteiger partial charge in [0.1, 0.15) is 0 Å². The van der Waals surface area contributed by atoms with Gasteiger partial charge in [-0.2, -0.15) is 0 Å². The average molecular weight is 401 g/mol. The third-order valence-corrected chi connectivity index (χ3v) is 5.83. The molecule has 3 aliphatic rings. The molecule has 0 atom stereocenters. The van der Waals surface area contributed by atoms with Gasteiger partial charge in [0, 0.05) is 39.3 Å². The monoisotopic (exact) mass is 400 g/mol. The molecule has 3 rings (SSSR count). The largest absolute Gasteiger partial charge is 0.306 e. The summed E-state index contributed by atoms with van der Waals surface area (Å²) in [7, 11) is 13.2. The number of nitrogens with zero attached hydrogens (tertiary/aromatic N) is 6. The molecule has 0 radical (unpaired) electrons. The van der Waals surface area contributed by atoms with E-state index in [0.717, 1.165) is 0 Å². The van der Waals surface area contributed by atoms with Crippen molar-refractivity contribution in [1.82, 2.24) is 29.4 Å². The van der Waals surface area contributed by atoms with E-state index in [1.807, 2.05) is 0 Å². The normalized spacial score (nSPS) is 25.1. The van der Waals surface area contributed by atoms with Crippen LogP contribution in [0.3, 0.4) is 0 Å². The first-order valence-corrected chi connectivity index (χ1v) is 11.0. The molecule has 0 amide bonds. The van der Waals surface area contributed by atoms with Crippen LogP contribution in [0.4, 0.5) is 0 Å². The van der Waals surface area contributed by atoms with Crippen LogP contribution in [0.25, 0.3) is 0 Å². The zero-order valence-electron chi connectivity index (χ0n) is 19.3. The number of hydrogen-bond acceptors (Lipinski definition) is 6. The molecule has 170 valence electrons. The van der Waals surface area contributed by atoms with Crippen molar-refractivity contribution < 1.29 is 0 Å². The smallest absolute Gasteiger partial charge is 0.0107 e. The Morgan fingerprint density at radius 3 is 0.643 bits per heavy atom. The second-order valence-corrected chi connectivity index (χ2v) is 8.88. The van der Waals surface area contributed by atoms with E-state index in [1.54, 1.807) is 0 Å². The molecule has 6 heteroatoms. The van der Waals surface area contributed by atoms with Crippen LogP contribution >= 0.6 is 0 Å². The lowest BCUT2D eigenvalue weighted by Gasteiger charge is -2.28. The van der Waals surface area contributed by atoms with Crippen molar-refractivity contribution in [3.8, 4) is 0 Å². The number of rotatable bonds is 0. The maximum atomic E-state index is 2.42. The van der Waals surface area contributed by atoms with Crippen molar-refractivity contribution in [3.63, 3.8) is 0 Å². The van der Waals surface area contributed by atoms with E-state index in [0.29, 0.717) is 0 Å². The highest BCUT2D eigenvalue weighted by Crippen LogP contribution is 1.99. The molecule has 0 aromatic heterocycles. The lowest BCUT2D eigenvalue weighted by Crippen LogP contribution is -2.42. The van der Waals surface area contributed by atoms with E-state index in [4.69, 9.17) is 0 Å². The molecule has 0 saturated carbocycles. The summed E-state index contributed by atoms with van der Waals surface area (Å²) in [5.41, 5.74) is 0. The minimum atomic E-state index is 0. The van der Waals surface area contributed by atoms with Crippen LogP contribution in [0.2, 0.25) is 0 Å². The van der Waals surface area contributed by atoms with Gasteiger partial charge in [0.05, 0.1) is 0 Å². The second kappa shape index (κ2) is 16.5. The molecule has 0 N–H and O–H groups in total. The maximum absolute atomic E-state index is 2.42. The highest BCUT2D eigenvalue weighted by atomic mass is 15.2. The summed E-state index contributed by atoms with van der Waals surface area (Å²) in [5.74, 6) is 0. The van der Waals surface area contributed by atoms with Gasteiger partial charge in [-0.15, -0.1) is 0 Å². The molecule has 0 bridgehead atoms. The summed E-state index contributed by atoms with van der Waals surface area (Å²) in [6.45, 7) is 15.0. The summed E-state index contributed by atoms with van der Waals surface area (Å²) in [6.07, 6.45) is 3.98. The van der Waals surface area contributed by atoms with Crippen molar-refractivity contribution in [2.75, 3.05) is 121 Å². The van der Waals surface area contributed by atoms with Crippen LogP contribution in [-0.2, 0) is 0 Å². The Hall–Kier alpha value is -0.240. The molecule has 3 aliphatic heterocycles. The number of hydrogen-bond donors (Lipinski definition) is 0. The molecular weight excluding hydrogens is 348 g/mol. The van der Waals surface area contributed by atoms with Crippen LogP contribution in [0.15, 0.2) is 0 Å². The maximum Gasteiger partial charge on any atom is 0.0107 e. The minimum Gasteiger partial charge on any atom is -0.306 e. The predicted octanol–water partition coefficient (Wildman–Crippen LogP) is 1.40. The van der Waals surface area contributed by atoms with Crippen LogP contribution in [-0.4, -0.2) is 150 Å². The number of piperazine rings is 1. The molecule has 0 spiro atoms. The van der Waals surface area contributed by atoms with Gasteiger partial charge in [-0.1, -0.05) is 7.43 Å². The lowest BCUT2D eigenvalue weighted by atomic mass is 10.3. The van der Waals surface area contributed by atoms with Gasteiger partial charge in [-0.3, -0.25) is 0 Å². The zero-order valence-corrected chi connectivity index (χ0v) is 19.3. The van der Waals surface area contributed by atoms with Crippen LogP contribution in [0.5, 0.6) is 0 Å². The quantitative estimate of drug-likeness (QED) is 0.608. The molecule has 0 aliphatic carbocycles. The second-order valence-electron chi connectivity index (χ2n) is 8.88. The fourth-order valence-corrected chi connectivity index (χ4v) is 3.53. The van der Waals surface area contributed by atoms with Crippen molar-refractivity contribution >= 4 is 0 Å². The van der Waals surface area contributed by atoms with Gasteiger partial charge in [-0.05, 0) is 101 Å². The lowest BCUT2D eigenvalue weighted by molar-refractivity contribution is 0.181. The summed E-state index contributed by atoms with van der Waals surface area (Å²) >= 11 is 0. The first-order chi connectivity index (χ1) is 12.9. The first kappa shape index (κ1) is 27.8. The van der Waals surface area contributed by atoms with E-state index in [9.17, 15) is 0 Å². The van der Waals surface area contributed by atoms with E-state index in [-0.39, 0.29) is 7.43 Å². The first-order valence-electron chi connectivity index (χ1n) is 11.0. The van der Waals surface area contributed by atoms with Crippen molar-refractivity contribution in [2.45, 2.75) is 26.7 Å². The van der Waals surface area contributed by atoms with Crippen LogP contribution < -0.4 is 0 Å². The summed E-state index contributed by atoms with van der Waals surface area (Å²) in [4.78, 5) is 14.4. The molecule has 3 fully saturated rings. The van der Waals surface area contributed by atoms with Gasteiger partial charge in [-0.25, -0.2) is 0 Å². The van der Waals surface area contributed by atoms with Gasteiger partial charge in [0.15, 0.2) is 0 Å². The van der Waals surface area contributed by atoms with Gasteiger partial charge in [0.2, 0.25) is 0 Å². The fourth-order valence-electron chi connectivity index (χ4n) is 3.53. The van der Waals surface area contributed by atoms with E-state index in [1.165, 1.54) is 97.8 Å². The minimum absolute atomic E-state index is 0. The van der Waals surface area contributed by atoms with Gasteiger partial charge >= 0.3 is 0 Å². The topological polar surface area (TPSA) is 19.4 Å². The Balaban J connectivity index is 0.000000386. The summed E-state index contributed by atoms with van der Waals surface area (Å²) in [6, 6.07) is 0. The van der Waals surface area contributed by atoms with E-state index < -0.39 is 0 Å². The zero-order chi connectivity index (χ0) is 20.1. The van der Waals surface area contributed by atoms with E-state index in [2.05, 4.69) is 71.7 Å².